The molecule has 0 aliphatic carbocycles. The summed E-state index contributed by atoms with van der Waals surface area (Å²) in [5, 5.41) is 0. The van der Waals surface area contributed by atoms with Gasteiger partial charge in [0.25, 0.3) is 0 Å². The van der Waals surface area contributed by atoms with Gasteiger partial charge in [-0.25, -0.2) is 0 Å². The summed E-state index contributed by atoms with van der Waals surface area (Å²) in [4.78, 5) is 0.662. The fourth-order valence-electron chi connectivity index (χ4n) is 0.900. The number of halogens is 1. The molecule has 0 saturated heterocycles. The fraction of sp³-hybridized carbons (Fsp3) is 1.00. The van der Waals surface area contributed by atoms with Gasteiger partial charge in [-0.1, -0.05) is 15.9 Å². The highest BCUT2D eigenvalue weighted by atomic mass is 79.9. The summed E-state index contributed by atoms with van der Waals surface area (Å²) in [7, 11) is -2.35. The van der Waals surface area contributed by atoms with E-state index in [1.165, 1.54) is 0 Å². The lowest BCUT2D eigenvalue weighted by Crippen LogP contribution is -2.48. The molecule has 74 valence electrons. The molecular weight excluding hydrogens is 240 g/mol. The Labute approximate surface area is 83.9 Å². The van der Waals surface area contributed by atoms with Crippen molar-refractivity contribution in [3.8, 4) is 0 Å². The molecule has 0 bridgehead atoms. The summed E-state index contributed by atoms with van der Waals surface area (Å²) >= 11 is 3.36. The van der Waals surface area contributed by atoms with Crippen LogP contribution in [0.25, 0.3) is 0 Å². The molecule has 0 saturated carbocycles. The highest BCUT2D eigenvalue weighted by Gasteiger charge is 2.38. The van der Waals surface area contributed by atoms with E-state index in [1.54, 1.807) is 0 Å². The molecule has 0 aliphatic rings. The summed E-state index contributed by atoms with van der Waals surface area (Å²) in [6.07, 6.45) is 0. The van der Waals surface area contributed by atoms with Crippen LogP contribution in [-0.4, -0.2) is 33.6 Å². The first kappa shape index (κ1) is 12.6. The largest absolute Gasteiger partial charge is 0.512 e. The van der Waals surface area contributed by atoms with Gasteiger partial charge in [-0.2, -0.15) is 0 Å². The van der Waals surface area contributed by atoms with Crippen molar-refractivity contribution in [3.05, 3.63) is 0 Å². The summed E-state index contributed by atoms with van der Waals surface area (Å²) < 4.78 is 16.5. The van der Waals surface area contributed by atoms with Gasteiger partial charge in [0.1, 0.15) is 0 Å². The highest BCUT2D eigenvalue weighted by molar-refractivity contribution is 9.09. The Morgan fingerprint density at radius 3 is 1.42 bits per heavy atom. The maximum Gasteiger partial charge on any atom is 0.512 e. The SMILES string of the molecule is CCO[Si](CBr)(OCC)OCC. The number of rotatable bonds is 7. The Hall–Kier alpha value is 0.577. The zero-order chi connectivity index (χ0) is 9.45. The molecule has 0 atom stereocenters. The Balaban J connectivity index is 4.06. The number of alkyl halides is 1. The van der Waals surface area contributed by atoms with E-state index >= 15 is 0 Å². The van der Waals surface area contributed by atoms with Crippen molar-refractivity contribution >= 4 is 24.7 Å². The fourth-order valence-corrected chi connectivity index (χ4v) is 4.16. The van der Waals surface area contributed by atoms with Crippen LogP contribution >= 0.6 is 15.9 Å². The Morgan fingerprint density at radius 2 is 1.25 bits per heavy atom. The smallest absolute Gasteiger partial charge is 0.373 e. The van der Waals surface area contributed by atoms with Crippen molar-refractivity contribution in [2.24, 2.45) is 0 Å². The van der Waals surface area contributed by atoms with Gasteiger partial charge in [-0.3, -0.25) is 0 Å². The summed E-state index contributed by atoms with van der Waals surface area (Å²) in [5.74, 6) is 0. The van der Waals surface area contributed by atoms with Crippen LogP contribution in [0.4, 0.5) is 0 Å². The first-order valence-corrected chi connectivity index (χ1v) is 7.27. The average Bonchev–Trinajstić information content (AvgIpc) is 2.06. The zero-order valence-electron chi connectivity index (χ0n) is 7.93. The molecule has 0 unspecified atom stereocenters. The molecule has 0 heterocycles. The lowest BCUT2D eigenvalue weighted by molar-refractivity contribution is 0.0776. The summed E-state index contributed by atoms with van der Waals surface area (Å²) in [5.41, 5.74) is 0. The van der Waals surface area contributed by atoms with E-state index in [0.717, 1.165) is 0 Å². The Kier molecular flexibility index (Phi) is 7.36. The second kappa shape index (κ2) is 7.03. The van der Waals surface area contributed by atoms with E-state index < -0.39 is 8.80 Å². The quantitative estimate of drug-likeness (QED) is 0.515. The van der Waals surface area contributed by atoms with E-state index in [4.69, 9.17) is 13.3 Å². The molecular formula is C7H17BrO3Si. The molecule has 0 aromatic rings. The van der Waals surface area contributed by atoms with Gasteiger partial charge >= 0.3 is 8.80 Å². The van der Waals surface area contributed by atoms with Crippen molar-refractivity contribution in [2.45, 2.75) is 20.8 Å². The van der Waals surface area contributed by atoms with Gasteiger partial charge < -0.3 is 13.3 Å². The highest BCUT2D eigenvalue weighted by Crippen LogP contribution is 2.12. The normalized spacial score (nSPS) is 12.0. The molecule has 0 rings (SSSR count). The minimum Gasteiger partial charge on any atom is -0.373 e. The third-order valence-corrected chi connectivity index (χ3v) is 5.83. The van der Waals surface area contributed by atoms with Crippen LogP contribution in [0.3, 0.4) is 0 Å². The maximum atomic E-state index is 5.51. The van der Waals surface area contributed by atoms with E-state index in [-0.39, 0.29) is 0 Å². The Bertz CT molecular complexity index is 95.8. The first-order chi connectivity index (χ1) is 5.74. The van der Waals surface area contributed by atoms with Crippen LogP contribution in [0.2, 0.25) is 0 Å². The number of hydrogen-bond acceptors (Lipinski definition) is 3. The van der Waals surface area contributed by atoms with Crippen molar-refractivity contribution < 1.29 is 13.3 Å². The molecule has 0 aliphatic heterocycles. The van der Waals surface area contributed by atoms with Crippen LogP contribution in [0.1, 0.15) is 20.8 Å². The number of hydrogen-bond donors (Lipinski definition) is 0. The van der Waals surface area contributed by atoms with Crippen molar-refractivity contribution in [2.75, 3.05) is 24.8 Å². The predicted molar refractivity (Wildman–Crippen MR) is 54.4 cm³/mol. The molecule has 0 radical (unpaired) electrons. The van der Waals surface area contributed by atoms with Crippen LogP contribution < -0.4 is 0 Å². The topological polar surface area (TPSA) is 27.7 Å². The van der Waals surface area contributed by atoms with E-state index in [9.17, 15) is 0 Å². The molecule has 0 aromatic heterocycles. The molecule has 3 nitrogen and oxygen atoms in total. The van der Waals surface area contributed by atoms with E-state index in [0.29, 0.717) is 24.8 Å². The van der Waals surface area contributed by atoms with Gasteiger partial charge in [0.2, 0.25) is 0 Å². The third kappa shape index (κ3) is 4.00. The van der Waals surface area contributed by atoms with Gasteiger partial charge in [0.05, 0.1) is 4.95 Å². The maximum absolute atomic E-state index is 5.51. The lowest BCUT2D eigenvalue weighted by Gasteiger charge is -2.26. The van der Waals surface area contributed by atoms with Gasteiger partial charge in [-0.05, 0) is 20.8 Å². The monoisotopic (exact) mass is 256 g/mol. The predicted octanol–water partition coefficient (Wildman–Crippen LogP) is 1.97. The standard InChI is InChI=1S/C7H17BrO3Si/c1-4-9-12(7-8,10-5-2)11-6-3/h4-7H2,1-3H3. The minimum absolute atomic E-state index is 0.637. The molecule has 0 amide bonds. The van der Waals surface area contributed by atoms with Crippen LogP contribution in [0.15, 0.2) is 0 Å². The molecule has 12 heavy (non-hydrogen) atoms. The molecule has 0 spiro atoms. The van der Waals surface area contributed by atoms with Gasteiger partial charge in [-0.15, -0.1) is 0 Å². The summed E-state index contributed by atoms with van der Waals surface area (Å²) in [6.45, 7) is 7.75. The van der Waals surface area contributed by atoms with E-state index in [2.05, 4.69) is 15.9 Å². The van der Waals surface area contributed by atoms with Crippen LogP contribution in [0.5, 0.6) is 0 Å². The molecule has 0 N–H and O–H groups in total. The zero-order valence-corrected chi connectivity index (χ0v) is 10.5. The van der Waals surface area contributed by atoms with Crippen molar-refractivity contribution in [1.82, 2.24) is 0 Å². The molecule has 5 heteroatoms. The average molecular weight is 257 g/mol. The molecule has 0 fully saturated rings. The molecule has 0 aromatic carbocycles. The van der Waals surface area contributed by atoms with E-state index in [1.807, 2.05) is 20.8 Å². The van der Waals surface area contributed by atoms with Gasteiger partial charge in [0.15, 0.2) is 0 Å². The van der Waals surface area contributed by atoms with Gasteiger partial charge in [0, 0.05) is 19.8 Å². The lowest BCUT2D eigenvalue weighted by atomic mass is 10.9. The minimum atomic E-state index is -2.35. The second-order valence-corrected chi connectivity index (χ2v) is 6.30. The third-order valence-electron chi connectivity index (χ3n) is 1.26. The first-order valence-electron chi connectivity index (χ1n) is 4.22. The second-order valence-electron chi connectivity index (χ2n) is 2.12. The van der Waals surface area contributed by atoms with Crippen LogP contribution in [0, 0.1) is 0 Å². The summed E-state index contributed by atoms with van der Waals surface area (Å²) in [6, 6.07) is 0. The Morgan fingerprint density at radius 1 is 0.917 bits per heavy atom. The van der Waals surface area contributed by atoms with Crippen molar-refractivity contribution in [3.63, 3.8) is 0 Å². The van der Waals surface area contributed by atoms with Crippen molar-refractivity contribution in [1.29, 1.82) is 0 Å². The van der Waals surface area contributed by atoms with Crippen LogP contribution in [-0.2, 0) is 13.3 Å².